The lowest BCUT2D eigenvalue weighted by atomic mass is 10.4. The third-order valence-electron chi connectivity index (χ3n) is 3.43. The molecule has 0 bridgehead atoms. The number of rotatable bonds is 8. The second-order valence-electron chi connectivity index (χ2n) is 5.03. The normalized spacial score (nSPS) is 16.9. The molecule has 1 aromatic heterocycles. The maximum atomic E-state index is 12.1. The lowest BCUT2D eigenvalue weighted by Gasteiger charge is -2.14. The minimum absolute atomic E-state index is 0.218. The lowest BCUT2D eigenvalue weighted by Crippen LogP contribution is -2.33. The molecule has 0 spiro atoms. The number of nitrogens with two attached hydrogens (primary N) is 1. The molecule has 0 amide bonds. The van der Waals surface area contributed by atoms with Gasteiger partial charge in [0.2, 0.25) is 10.0 Å². The Hall–Kier alpha value is -0.960. The van der Waals surface area contributed by atoms with Crippen LogP contribution in [-0.2, 0) is 16.6 Å². The standard InChI is InChI=1S/C12H23N5O2S/c13-4-3-8-17-11-12(10-14-17)20(18,19)15-5-9-16-6-1-2-7-16/h10-11,15H,1-9,13H2. The molecule has 1 fully saturated rings. The fourth-order valence-electron chi connectivity index (χ4n) is 2.29. The zero-order chi connectivity index (χ0) is 14.4. The van der Waals surface area contributed by atoms with Crippen molar-refractivity contribution < 1.29 is 8.42 Å². The molecule has 8 heteroatoms. The molecule has 1 saturated heterocycles. The van der Waals surface area contributed by atoms with Gasteiger partial charge in [0.1, 0.15) is 4.90 Å². The number of likely N-dealkylation sites (tertiary alicyclic amines) is 1. The Morgan fingerprint density at radius 2 is 2.05 bits per heavy atom. The van der Waals surface area contributed by atoms with Gasteiger partial charge in [-0.3, -0.25) is 4.68 Å². The Morgan fingerprint density at radius 3 is 2.75 bits per heavy atom. The van der Waals surface area contributed by atoms with Crippen LogP contribution in [0.1, 0.15) is 19.3 Å². The number of hydrogen-bond donors (Lipinski definition) is 2. The first-order valence-corrected chi connectivity index (χ1v) is 8.55. The maximum absolute atomic E-state index is 12.1. The minimum Gasteiger partial charge on any atom is -0.330 e. The van der Waals surface area contributed by atoms with E-state index in [2.05, 4.69) is 14.7 Å². The minimum atomic E-state index is -3.45. The van der Waals surface area contributed by atoms with Gasteiger partial charge in [-0.25, -0.2) is 13.1 Å². The maximum Gasteiger partial charge on any atom is 0.243 e. The Bertz CT molecular complexity index is 508. The molecule has 0 unspecified atom stereocenters. The zero-order valence-electron chi connectivity index (χ0n) is 11.7. The summed E-state index contributed by atoms with van der Waals surface area (Å²) in [5.74, 6) is 0. The van der Waals surface area contributed by atoms with E-state index in [1.54, 1.807) is 10.9 Å². The van der Waals surface area contributed by atoms with Crippen LogP contribution < -0.4 is 10.5 Å². The average molecular weight is 301 g/mol. The van der Waals surface area contributed by atoms with Gasteiger partial charge in [-0.15, -0.1) is 0 Å². The van der Waals surface area contributed by atoms with E-state index in [-0.39, 0.29) is 4.90 Å². The first kappa shape index (κ1) is 15.4. The van der Waals surface area contributed by atoms with Crippen LogP contribution in [-0.4, -0.2) is 55.8 Å². The summed E-state index contributed by atoms with van der Waals surface area (Å²) >= 11 is 0. The van der Waals surface area contributed by atoms with Crippen molar-refractivity contribution in [1.29, 1.82) is 0 Å². The smallest absolute Gasteiger partial charge is 0.243 e. The van der Waals surface area contributed by atoms with Crippen molar-refractivity contribution in [3.8, 4) is 0 Å². The van der Waals surface area contributed by atoms with Crippen molar-refractivity contribution in [2.75, 3.05) is 32.7 Å². The molecule has 1 aliphatic rings. The summed E-state index contributed by atoms with van der Waals surface area (Å²) in [7, 11) is -3.45. The van der Waals surface area contributed by atoms with E-state index in [1.165, 1.54) is 19.0 Å². The highest BCUT2D eigenvalue weighted by Gasteiger charge is 2.17. The van der Waals surface area contributed by atoms with Crippen molar-refractivity contribution in [2.45, 2.75) is 30.7 Å². The molecule has 1 aromatic rings. The largest absolute Gasteiger partial charge is 0.330 e. The molecule has 0 radical (unpaired) electrons. The van der Waals surface area contributed by atoms with E-state index >= 15 is 0 Å². The molecule has 20 heavy (non-hydrogen) atoms. The van der Waals surface area contributed by atoms with Crippen LogP contribution in [0.4, 0.5) is 0 Å². The van der Waals surface area contributed by atoms with Crippen LogP contribution in [0.5, 0.6) is 0 Å². The summed E-state index contributed by atoms with van der Waals surface area (Å²) in [4.78, 5) is 2.49. The van der Waals surface area contributed by atoms with Gasteiger partial charge in [0, 0.05) is 25.8 Å². The summed E-state index contributed by atoms with van der Waals surface area (Å²) < 4.78 is 28.4. The second kappa shape index (κ2) is 7.16. The molecule has 0 aliphatic carbocycles. The summed E-state index contributed by atoms with van der Waals surface area (Å²) in [5.41, 5.74) is 5.42. The molecular weight excluding hydrogens is 278 g/mol. The molecular formula is C12H23N5O2S. The lowest BCUT2D eigenvalue weighted by molar-refractivity contribution is 0.344. The van der Waals surface area contributed by atoms with Crippen LogP contribution in [0.15, 0.2) is 17.3 Å². The van der Waals surface area contributed by atoms with E-state index in [0.29, 0.717) is 19.6 Å². The average Bonchev–Trinajstić information content (AvgIpc) is 3.07. The van der Waals surface area contributed by atoms with Gasteiger partial charge in [0.25, 0.3) is 0 Å². The number of sulfonamides is 1. The van der Waals surface area contributed by atoms with Gasteiger partial charge in [0.15, 0.2) is 0 Å². The first-order valence-electron chi connectivity index (χ1n) is 7.06. The van der Waals surface area contributed by atoms with Gasteiger partial charge >= 0.3 is 0 Å². The summed E-state index contributed by atoms with van der Waals surface area (Å²) in [6, 6.07) is 0. The highest BCUT2D eigenvalue weighted by Crippen LogP contribution is 2.08. The highest BCUT2D eigenvalue weighted by atomic mass is 32.2. The fourth-order valence-corrected chi connectivity index (χ4v) is 3.26. The summed E-state index contributed by atoms with van der Waals surface area (Å²) in [5, 5.41) is 4.04. The third kappa shape index (κ3) is 4.27. The Kier molecular flexibility index (Phi) is 5.53. The molecule has 0 atom stereocenters. The van der Waals surface area contributed by atoms with E-state index in [4.69, 9.17) is 5.73 Å². The number of aryl methyl sites for hydroxylation is 1. The predicted molar refractivity (Wildman–Crippen MR) is 76.8 cm³/mol. The van der Waals surface area contributed by atoms with Crippen molar-refractivity contribution in [2.24, 2.45) is 5.73 Å². The van der Waals surface area contributed by atoms with Crippen molar-refractivity contribution in [1.82, 2.24) is 19.4 Å². The van der Waals surface area contributed by atoms with Gasteiger partial charge < -0.3 is 10.6 Å². The highest BCUT2D eigenvalue weighted by molar-refractivity contribution is 7.89. The van der Waals surface area contributed by atoms with Crippen molar-refractivity contribution in [3.05, 3.63) is 12.4 Å². The molecule has 2 rings (SSSR count). The van der Waals surface area contributed by atoms with Crippen LogP contribution in [0.25, 0.3) is 0 Å². The Balaban J connectivity index is 1.83. The van der Waals surface area contributed by atoms with Crippen LogP contribution >= 0.6 is 0 Å². The zero-order valence-corrected chi connectivity index (χ0v) is 12.5. The van der Waals surface area contributed by atoms with E-state index < -0.39 is 10.0 Å². The fraction of sp³-hybridized carbons (Fsp3) is 0.750. The molecule has 2 heterocycles. The van der Waals surface area contributed by atoms with E-state index in [9.17, 15) is 8.42 Å². The quantitative estimate of drug-likeness (QED) is 0.682. The monoisotopic (exact) mass is 301 g/mol. The van der Waals surface area contributed by atoms with Gasteiger partial charge in [-0.1, -0.05) is 0 Å². The molecule has 114 valence electrons. The topological polar surface area (TPSA) is 93.2 Å². The van der Waals surface area contributed by atoms with Crippen LogP contribution in [0.3, 0.4) is 0 Å². The van der Waals surface area contributed by atoms with Crippen LogP contribution in [0.2, 0.25) is 0 Å². The van der Waals surface area contributed by atoms with Crippen molar-refractivity contribution >= 4 is 10.0 Å². The number of nitrogens with zero attached hydrogens (tertiary/aromatic N) is 3. The number of nitrogens with one attached hydrogen (secondary N) is 1. The Labute approximate surface area is 120 Å². The Morgan fingerprint density at radius 1 is 1.30 bits per heavy atom. The van der Waals surface area contributed by atoms with Gasteiger partial charge in [-0.05, 0) is 38.9 Å². The van der Waals surface area contributed by atoms with Crippen LogP contribution in [0, 0.1) is 0 Å². The van der Waals surface area contributed by atoms with Gasteiger partial charge in [-0.2, -0.15) is 5.10 Å². The predicted octanol–water partition coefficient (Wildman–Crippen LogP) is -0.394. The number of hydrogen-bond acceptors (Lipinski definition) is 5. The summed E-state index contributed by atoms with van der Waals surface area (Å²) in [6.45, 7) is 4.55. The number of aromatic nitrogens is 2. The molecule has 1 aliphatic heterocycles. The van der Waals surface area contributed by atoms with Crippen molar-refractivity contribution in [3.63, 3.8) is 0 Å². The molecule has 0 saturated carbocycles. The third-order valence-corrected chi connectivity index (χ3v) is 4.85. The molecule has 0 aromatic carbocycles. The first-order chi connectivity index (χ1) is 9.62. The SMILES string of the molecule is NCCCn1cc(S(=O)(=O)NCCN2CCCC2)cn1. The molecule has 3 N–H and O–H groups in total. The van der Waals surface area contributed by atoms with E-state index in [0.717, 1.165) is 26.1 Å². The second-order valence-corrected chi connectivity index (χ2v) is 6.79. The van der Waals surface area contributed by atoms with E-state index in [1.807, 2.05) is 0 Å². The van der Waals surface area contributed by atoms with Gasteiger partial charge in [0.05, 0.1) is 6.20 Å². The molecule has 7 nitrogen and oxygen atoms in total. The summed E-state index contributed by atoms with van der Waals surface area (Å²) in [6.07, 6.45) is 6.13.